The molecule has 1 unspecified atom stereocenters. The minimum Gasteiger partial charge on any atom is -0.389 e. The van der Waals surface area contributed by atoms with Crippen molar-refractivity contribution in [2.45, 2.75) is 30.7 Å². The molecule has 114 valence electrons. The summed E-state index contributed by atoms with van der Waals surface area (Å²) in [5.74, 6) is -0.0452. The summed E-state index contributed by atoms with van der Waals surface area (Å²) < 4.78 is 27.1. The standard InChI is InChI=1S/C13H17N3O3S2/c1-8-6-9(13(14)20)2-4-11(8)21(18,19)15-7-10-3-5-12(17)16-10/h2,4,6,10,15H,3,5,7H2,1H3,(H2,14,20)(H,16,17). The fourth-order valence-electron chi connectivity index (χ4n) is 2.22. The topological polar surface area (TPSA) is 101 Å². The third-order valence-electron chi connectivity index (χ3n) is 3.35. The number of nitrogens with two attached hydrogens (primary N) is 1. The van der Waals surface area contributed by atoms with Crippen LogP contribution in [0.3, 0.4) is 0 Å². The van der Waals surface area contributed by atoms with Gasteiger partial charge in [-0.15, -0.1) is 0 Å². The molecule has 6 nitrogen and oxygen atoms in total. The lowest BCUT2D eigenvalue weighted by Gasteiger charge is -2.13. The highest BCUT2D eigenvalue weighted by Gasteiger charge is 2.24. The van der Waals surface area contributed by atoms with Gasteiger partial charge in [0.25, 0.3) is 0 Å². The zero-order valence-corrected chi connectivity index (χ0v) is 13.2. The molecule has 0 aromatic heterocycles. The van der Waals surface area contributed by atoms with Gasteiger partial charge in [-0.2, -0.15) is 0 Å². The van der Waals surface area contributed by atoms with Crippen LogP contribution >= 0.6 is 12.2 Å². The largest absolute Gasteiger partial charge is 0.389 e. The van der Waals surface area contributed by atoms with Crippen LogP contribution in [0.25, 0.3) is 0 Å². The van der Waals surface area contributed by atoms with E-state index >= 15 is 0 Å². The van der Waals surface area contributed by atoms with Crippen molar-refractivity contribution in [1.82, 2.24) is 10.0 Å². The zero-order valence-electron chi connectivity index (χ0n) is 11.5. The fraction of sp³-hybridized carbons (Fsp3) is 0.385. The molecule has 1 saturated heterocycles. The van der Waals surface area contributed by atoms with E-state index in [0.717, 1.165) is 0 Å². The lowest BCUT2D eigenvalue weighted by atomic mass is 10.1. The lowest BCUT2D eigenvalue weighted by molar-refractivity contribution is -0.119. The van der Waals surface area contributed by atoms with Crippen LogP contribution in [-0.2, 0) is 14.8 Å². The summed E-state index contributed by atoms with van der Waals surface area (Å²) in [7, 11) is -3.62. The minimum atomic E-state index is -3.62. The molecule has 0 bridgehead atoms. The average Bonchev–Trinajstić information content (AvgIpc) is 2.82. The van der Waals surface area contributed by atoms with Crippen LogP contribution in [0.5, 0.6) is 0 Å². The molecule has 0 aliphatic carbocycles. The second kappa shape index (κ2) is 6.08. The Bertz CT molecular complexity index is 686. The number of sulfonamides is 1. The number of benzene rings is 1. The van der Waals surface area contributed by atoms with Crippen molar-refractivity contribution >= 4 is 33.1 Å². The molecular weight excluding hydrogens is 310 g/mol. The maximum Gasteiger partial charge on any atom is 0.240 e. The van der Waals surface area contributed by atoms with Gasteiger partial charge < -0.3 is 11.1 Å². The Balaban J connectivity index is 2.12. The summed E-state index contributed by atoms with van der Waals surface area (Å²) in [5, 5.41) is 2.72. The molecule has 1 atom stereocenters. The van der Waals surface area contributed by atoms with E-state index in [-0.39, 0.29) is 28.4 Å². The van der Waals surface area contributed by atoms with Gasteiger partial charge in [0.15, 0.2) is 0 Å². The van der Waals surface area contributed by atoms with Crippen LogP contribution in [-0.4, -0.2) is 31.9 Å². The Kier molecular flexibility index (Phi) is 4.60. The van der Waals surface area contributed by atoms with Crippen LogP contribution in [0.1, 0.15) is 24.0 Å². The smallest absolute Gasteiger partial charge is 0.240 e. The van der Waals surface area contributed by atoms with Crippen molar-refractivity contribution in [2.75, 3.05) is 6.54 Å². The highest BCUT2D eigenvalue weighted by molar-refractivity contribution is 7.89. The highest BCUT2D eigenvalue weighted by atomic mass is 32.2. The molecule has 0 radical (unpaired) electrons. The van der Waals surface area contributed by atoms with Crippen molar-refractivity contribution in [2.24, 2.45) is 5.73 Å². The van der Waals surface area contributed by atoms with Crippen molar-refractivity contribution in [3.63, 3.8) is 0 Å². The first-order chi connectivity index (χ1) is 9.79. The van der Waals surface area contributed by atoms with E-state index in [1.165, 1.54) is 6.07 Å². The van der Waals surface area contributed by atoms with Gasteiger partial charge in [-0.25, -0.2) is 13.1 Å². The van der Waals surface area contributed by atoms with Crippen molar-refractivity contribution in [3.05, 3.63) is 29.3 Å². The average molecular weight is 327 g/mol. The number of carbonyl (C=O) groups is 1. The predicted molar refractivity (Wildman–Crippen MR) is 83.4 cm³/mol. The molecule has 0 spiro atoms. The Labute approximate surface area is 129 Å². The second-order valence-electron chi connectivity index (χ2n) is 5.00. The highest BCUT2D eigenvalue weighted by Crippen LogP contribution is 2.17. The van der Waals surface area contributed by atoms with E-state index in [0.29, 0.717) is 24.0 Å². The summed E-state index contributed by atoms with van der Waals surface area (Å²) >= 11 is 4.87. The molecular formula is C13H17N3O3S2. The Morgan fingerprint density at radius 3 is 2.76 bits per heavy atom. The third-order valence-corrected chi connectivity index (χ3v) is 5.17. The van der Waals surface area contributed by atoms with Crippen LogP contribution in [0, 0.1) is 6.92 Å². The van der Waals surface area contributed by atoms with Crippen LogP contribution in [0.15, 0.2) is 23.1 Å². The van der Waals surface area contributed by atoms with Crippen molar-refractivity contribution in [1.29, 1.82) is 0 Å². The number of aryl methyl sites for hydroxylation is 1. The fourth-order valence-corrected chi connectivity index (χ4v) is 3.66. The molecule has 2 rings (SSSR count). The van der Waals surface area contributed by atoms with Crippen LogP contribution in [0.2, 0.25) is 0 Å². The van der Waals surface area contributed by atoms with E-state index in [4.69, 9.17) is 18.0 Å². The van der Waals surface area contributed by atoms with Gasteiger partial charge >= 0.3 is 0 Å². The summed E-state index contributed by atoms with van der Waals surface area (Å²) in [6, 6.07) is 4.57. The molecule has 1 amide bonds. The minimum absolute atomic E-state index is 0.0452. The van der Waals surface area contributed by atoms with Crippen LogP contribution in [0.4, 0.5) is 0 Å². The van der Waals surface area contributed by atoms with E-state index < -0.39 is 10.0 Å². The molecule has 1 aliphatic rings. The molecule has 0 saturated carbocycles. The van der Waals surface area contributed by atoms with E-state index in [1.54, 1.807) is 19.1 Å². The van der Waals surface area contributed by atoms with Gasteiger partial charge in [0, 0.05) is 24.6 Å². The summed E-state index contributed by atoms with van der Waals surface area (Å²) in [5.41, 5.74) is 6.72. The quantitative estimate of drug-likeness (QED) is 0.670. The molecule has 21 heavy (non-hydrogen) atoms. The number of nitrogens with one attached hydrogen (secondary N) is 2. The van der Waals surface area contributed by atoms with Gasteiger partial charge in [0.1, 0.15) is 4.99 Å². The number of hydrogen-bond donors (Lipinski definition) is 3. The summed E-state index contributed by atoms with van der Waals surface area (Å²) in [6.45, 7) is 1.87. The first-order valence-corrected chi connectivity index (χ1v) is 8.38. The summed E-state index contributed by atoms with van der Waals surface area (Å²) in [6.07, 6.45) is 1.08. The zero-order chi connectivity index (χ0) is 15.6. The van der Waals surface area contributed by atoms with Gasteiger partial charge in [-0.05, 0) is 31.0 Å². The number of rotatable bonds is 5. The number of amides is 1. The first kappa shape index (κ1) is 15.9. The van der Waals surface area contributed by atoms with Gasteiger partial charge in [0.05, 0.1) is 4.90 Å². The van der Waals surface area contributed by atoms with Gasteiger partial charge in [-0.3, -0.25) is 4.79 Å². The first-order valence-electron chi connectivity index (χ1n) is 6.49. The van der Waals surface area contributed by atoms with Crippen molar-refractivity contribution in [3.8, 4) is 0 Å². The molecule has 1 heterocycles. The second-order valence-corrected chi connectivity index (χ2v) is 7.17. The SMILES string of the molecule is Cc1cc(C(N)=S)ccc1S(=O)(=O)NCC1CCC(=O)N1. The van der Waals surface area contributed by atoms with Gasteiger partial charge in [-0.1, -0.05) is 18.3 Å². The Morgan fingerprint density at radius 2 is 2.24 bits per heavy atom. The molecule has 4 N–H and O–H groups in total. The monoisotopic (exact) mass is 327 g/mol. The van der Waals surface area contributed by atoms with Gasteiger partial charge in [0.2, 0.25) is 15.9 Å². The Morgan fingerprint density at radius 1 is 1.52 bits per heavy atom. The molecule has 1 fully saturated rings. The molecule has 1 aliphatic heterocycles. The number of thiocarbonyl (C=S) groups is 1. The number of hydrogen-bond acceptors (Lipinski definition) is 4. The molecule has 1 aromatic rings. The Hall–Kier alpha value is -1.51. The maximum absolute atomic E-state index is 12.3. The normalized spacial score (nSPS) is 18.5. The van der Waals surface area contributed by atoms with Crippen molar-refractivity contribution < 1.29 is 13.2 Å². The lowest BCUT2D eigenvalue weighted by Crippen LogP contribution is -2.38. The maximum atomic E-state index is 12.3. The number of carbonyl (C=O) groups excluding carboxylic acids is 1. The third kappa shape index (κ3) is 3.78. The predicted octanol–water partition coefficient (Wildman–Crippen LogP) is 0.186. The summed E-state index contributed by atoms with van der Waals surface area (Å²) in [4.78, 5) is 11.5. The molecule has 8 heteroatoms. The van der Waals surface area contributed by atoms with E-state index in [9.17, 15) is 13.2 Å². The van der Waals surface area contributed by atoms with E-state index in [2.05, 4.69) is 10.0 Å². The molecule has 1 aromatic carbocycles. The van der Waals surface area contributed by atoms with Crippen LogP contribution < -0.4 is 15.8 Å². The van der Waals surface area contributed by atoms with E-state index in [1.807, 2.05) is 0 Å².